The second kappa shape index (κ2) is 8.18. The quantitative estimate of drug-likeness (QED) is 0.622. The van der Waals surface area contributed by atoms with Crippen LogP contribution in [-0.4, -0.2) is 43.4 Å². The van der Waals surface area contributed by atoms with Gasteiger partial charge in [0, 0.05) is 5.56 Å². The number of rotatable bonds is 4. The van der Waals surface area contributed by atoms with Gasteiger partial charge in [0.2, 0.25) is 15.2 Å². The highest BCUT2D eigenvalue weighted by molar-refractivity contribution is 7.92. The third kappa shape index (κ3) is 4.61. The van der Waals surface area contributed by atoms with Gasteiger partial charge in [0.25, 0.3) is 5.91 Å². The van der Waals surface area contributed by atoms with Gasteiger partial charge in [-0.05, 0) is 23.1 Å². The highest BCUT2D eigenvalue weighted by atomic mass is 32.2. The minimum absolute atomic E-state index is 0.129. The number of carbonyl (C=O) groups excluding carboxylic acids is 1. The molecule has 10 heteroatoms. The molecule has 0 saturated heterocycles. The zero-order chi connectivity index (χ0) is 23.1. The fourth-order valence-electron chi connectivity index (χ4n) is 3.33. The van der Waals surface area contributed by atoms with Gasteiger partial charge in [0.1, 0.15) is 10.8 Å². The number of aromatic nitrogens is 2. The molecule has 3 aromatic rings. The van der Waals surface area contributed by atoms with E-state index in [4.69, 9.17) is 4.74 Å². The van der Waals surface area contributed by atoms with E-state index in [1.165, 1.54) is 15.6 Å². The Morgan fingerprint density at radius 2 is 1.88 bits per heavy atom. The molecule has 0 aliphatic carbocycles. The number of sulfonamides is 1. The lowest BCUT2D eigenvalue weighted by molar-refractivity contribution is -0.122. The maximum absolute atomic E-state index is 12.9. The topological polar surface area (TPSA) is 101 Å². The van der Waals surface area contributed by atoms with E-state index in [1.807, 2.05) is 57.2 Å². The number of benzene rings is 2. The molecule has 1 aromatic heterocycles. The van der Waals surface area contributed by atoms with Crippen LogP contribution >= 0.6 is 11.3 Å². The molecule has 0 spiro atoms. The molecule has 1 aliphatic heterocycles. The van der Waals surface area contributed by atoms with Crippen LogP contribution in [0.1, 0.15) is 26.3 Å². The lowest BCUT2D eigenvalue weighted by atomic mass is 9.86. The Hall–Kier alpha value is -2.98. The average Bonchev–Trinajstić information content (AvgIpc) is 3.20. The third-order valence-corrected chi connectivity index (χ3v) is 7.10. The van der Waals surface area contributed by atoms with Crippen LogP contribution in [0, 0.1) is 0 Å². The van der Waals surface area contributed by atoms with Gasteiger partial charge in [-0.1, -0.05) is 68.5 Å². The second-order valence-corrected chi connectivity index (χ2v) is 11.5. The largest absolute Gasteiger partial charge is 0.476 e. The van der Waals surface area contributed by atoms with Crippen molar-refractivity contribution in [3.8, 4) is 16.3 Å². The predicted octanol–water partition coefficient (Wildman–Crippen LogP) is 3.67. The first-order chi connectivity index (χ1) is 15.0. The molecule has 0 fully saturated rings. The molecule has 1 atom stereocenters. The van der Waals surface area contributed by atoms with Crippen LogP contribution in [0.2, 0.25) is 0 Å². The summed E-state index contributed by atoms with van der Waals surface area (Å²) in [5, 5.41) is 11.8. The van der Waals surface area contributed by atoms with Gasteiger partial charge >= 0.3 is 0 Å². The second-order valence-electron chi connectivity index (χ2n) is 8.60. The molecule has 0 saturated carbocycles. The van der Waals surface area contributed by atoms with Crippen LogP contribution in [-0.2, 0) is 20.2 Å². The van der Waals surface area contributed by atoms with Crippen LogP contribution < -0.4 is 14.4 Å². The molecule has 1 unspecified atom stereocenters. The first-order valence-electron chi connectivity index (χ1n) is 10.0. The molecular weight excluding hydrogens is 448 g/mol. The van der Waals surface area contributed by atoms with Crippen LogP contribution in [0.4, 0.5) is 10.8 Å². The van der Waals surface area contributed by atoms with Crippen molar-refractivity contribution in [1.29, 1.82) is 0 Å². The third-order valence-electron chi connectivity index (χ3n) is 5.06. The fourth-order valence-corrected chi connectivity index (χ4v) is 4.98. The van der Waals surface area contributed by atoms with E-state index >= 15 is 0 Å². The highest BCUT2D eigenvalue weighted by Gasteiger charge is 2.36. The first-order valence-corrected chi connectivity index (χ1v) is 12.7. The molecule has 2 aromatic carbocycles. The summed E-state index contributed by atoms with van der Waals surface area (Å²) >= 11 is 1.23. The molecule has 8 nitrogen and oxygen atoms in total. The summed E-state index contributed by atoms with van der Waals surface area (Å²) < 4.78 is 32.1. The highest BCUT2D eigenvalue weighted by Crippen LogP contribution is 2.39. The van der Waals surface area contributed by atoms with Gasteiger partial charge < -0.3 is 4.74 Å². The van der Waals surface area contributed by atoms with Gasteiger partial charge in [-0.15, -0.1) is 10.2 Å². The van der Waals surface area contributed by atoms with Crippen molar-refractivity contribution in [2.45, 2.75) is 32.3 Å². The Morgan fingerprint density at radius 3 is 2.53 bits per heavy atom. The number of fused-ring (bicyclic) bond motifs is 1. The number of hydrogen-bond donors (Lipinski definition) is 1. The summed E-state index contributed by atoms with van der Waals surface area (Å²) in [5.74, 6) is -0.142. The number of anilines is 2. The van der Waals surface area contributed by atoms with E-state index in [0.717, 1.165) is 17.4 Å². The van der Waals surface area contributed by atoms with E-state index in [1.54, 1.807) is 12.1 Å². The molecule has 4 rings (SSSR count). The monoisotopic (exact) mass is 472 g/mol. The predicted molar refractivity (Wildman–Crippen MR) is 126 cm³/mol. The number of amides is 1. The van der Waals surface area contributed by atoms with Crippen molar-refractivity contribution in [2.75, 3.05) is 22.4 Å². The van der Waals surface area contributed by atoms with E-state index in [9.17, 15) is 13.2 Å². The van der Waals surface area contributed by atoms with Gasteiger partial charge in [0.05, 0.1) is 18.5 Å². The van der Waals surface area contributed by atoms with Crippen LogP contribution in [0.3, 0.4) is 0 Å². The summed E-state index contributed by atoms with van der Waals surface area (Å²) in [5.41, 5.74) is 2.14. The van der Waals surface area contributed by atoms with Crippen LogP contribution in [0.15, 0.2) is 48.5 Å². The summed E-state index contributed by atoms with van der Waals surface area (Å²) in [6, 6.07) is 14.9. The molecule has 32 heavy (non-hydrogen) atoms. The SMILES string of the molecule is CC(C)(C)c1ccc2c(c1)N(S(C)(=O)=O)CC(C(=O)Nc1nnc(-c3ccccc3)s1)O2. The molecule has 1 amide bonds. The molecule has 1 N–H and O–H groups in total. The normalized spacial score (nSPS) is 16.2. The van der Waals surface area contributed by atoms with Crippen molar-refractivity contribution < 1.29 is 17.9 Å². The first kappa shape index (κ1) is 22.2. The van der Waals surface area contributed by atoms with E-state index < -0.39 is 22.0 Å². The summed E-state index contributed by atoms with van der Waals surface area (Å²) in [6.07, 6.45) is 0.0966. The lowest BCUT2D eigenvalue weighted by Crippen LogP contribution is -2.48. The average molecular weight is 473 g/mol. The number of carbonyl (C=O) groups is 1. The Morgan fingerprint density at radius 1 is 1.16 bits per heavy atom. The Bertz CT molecular complexity index is 1250. The molecule has 0 radical (unpaired) electrons. The van der Waals surface area contributed by atoms with Crippen molar-refractivity contribution in [3.63, 3.8) is 0 Å². The summed E-state index contributed by atoms with van der Waals surface area (Å²) in [7, 11) is -3.62. The van der Waals surface area contributed by atoms with Gasteiger partial charge in [-0.3, -0.25) is 14.4 Å². The number of nitrogens with one attached hydrogen (secondary N) is 1. The Balaban J connectivity index is 1.58. The molecule has 168 valence electrons. The van der Waals surface area contributed by atoms with Crippen molar-refractivity contribution in [3.05, 3.63) is 54.1 Å². The number of ether oxygens (including phenoxy) is 1. The minimum atomic E-state index is -3.62. The standard InChI is InChI=1S/C22H24N4O4S2/c1-22(2,3)15-10-11-17-16(12-15)26(32(4,28)29)13-18(30-17)19(27)23-21-25-24-20(31-21)14-8-6-5-7-9-14/h5-12,18H,13H2,1-4H3,(H,23,25,27). The smallest absolute Gasteiger partial charge is 0.269 e. The van der Waals surface area contributed by atoms with Gasteiger partial charge in [-0.25, -0.2) is 8.42 Å². The fraction of sp³-hybridized carbons (Fsp3) is 0.318. The minimum Gasteiger partial charge on any atom is -0.476 e. The molecule has 2 heterocycles. The van der Waals surface area contributed by atoms with E-state index in [-0.39, 0.29) is 12.0 Å². The van der Waals surface area contributed by atoms with Crippen molar-refractivity contribution in [1.82, 2.24) is 10.2 Å². The Labute approximate surface area is 191 Å². The maximum atomic E-state index is 12.9. The zero-order valence-corrected chi connectivity index (χ0v) is 19.8. The van der Waals surface area contributed by atoms with E-state index in [2.05, 4.69) is 15.5 Å². The number of nitrogens with zero attached hydrogens (tertiary/aromatic N) is 3. The summed E-state index contributed by atoms with van der Waals surface area (Å²) in [6.45, 7) is 6.01. The van der Waals surface area contributed by atoms with Crippen molar-refractivity contribution in [2.24, 2.45) is 0 Å². The molecular formula is C22H24N4O4S2. The van der Waals surface area contributed by atoms with E-state index in [0.29, 0.717) is 21.6 Å². The molecule has 0 bridgehead atoms. The summed E-state index contributed by atoms with van der Waals surface area (Å²) in [4.78, 5) is 12.9. The van der Waals surface area contributed by atoms with Crippen molar-refractivity contribution >= 4 is 38.1 Å². The lowest BCUT2D eigenvalue weighted by Gasteiger charge is -2.35. The number of hydrogen-bond acceptors (Lipinski definition) is 7. The van der Waals surface area contributed by atoms with Crippen LogP contribution in [0.5, 0.6) is 5.75 Å². The molecule has 1 aliphatic rings. The van der Waals surface area contributed by atoms with Gasteiger partial charge in [-0.2, -0.15) is 0 Å². The Kier molecular flexibility index (Phi) is 5.68. The maximum Gasteiger partial charge on any atom is 0.269 e. The zero-order valence-electron chi connectivity index (χ0n) is 18.2. The van der Waals surface area contributed by atoms with Crippen LogP contribution in [0.25, 0.3) is 10.6 Å². The van der Waals surface area contributed by atoms with Gasteiger partial charge in [0.15, 0.2) is 6.10 Å².